The lowest BCUT2D eigenvalue weighted by molar-refractivity contribution is 0.643. The van der Waals surface area contributed by atoms with Crippen LogP contribution >= 0.6 is 34.7 Å². The van der Waals surface area contributed by atoms with E-state index in [4.69, 9.17) is 11.6 Å². The Morgan fingerprint density at radius 2 is 2.14 bits per heavy atom. The summed E-state index contributed by atoms with van der Waals surface area (Å²) < 4.78 is 0.841. The lowest BCUT2D eigenvalue weighted by Crippen LogP contribution is -2.06. The van der Waals surface area contributed by atoms with E-state index in [0.29, 0.717) is 10.2 Å². The largest absolute Gasteiger partial charge is 0.369 e. The standard InChI is InChI=1S/C14H12ClN5S2/c1-20(2)8-17-13-18-19-14(22-13)21-12-5-6-16-11-7-9(15)3-4-10(11)12/h3-8H,1-2H3/b17-8+. The summed E-state index contributed by atoms with van der Waals surface area (Å²) >= 11 is 9.01. The van der Waals surface area contributed by atoms with Crippen molar-refractivity contribution >= 4 is 57.1 Å². The van der Waals surface area contributed by atoms with Crippen molar-refractivity contribution in [3.8, 4) is 0 Å². The highest BCUT2D eigenvalue weighted by Gasteiger charge is 2.09. The van der Waals surface area contributed by atoms with E-state index in [1.807, 2.05) is 43.3 Å². The lowest BCUT2D eigenvalue weighted by Gasteiger charge is -2.03. The van der Waals surface area contributed by atoms with Gasteiger partial charge in [-0.15, -0.1) is 10.2 Å². The average molecular weight is 350 g/mol. The van der Waals surface area contributed by atoms with Gasteiger partial charge in [-0.3, -0.25) is 4.98 Å². The molecule has 3 rings (SSSR count). The third kappa shape index (κ3) is 3.55. The van der Waals surface area contributed by atoms with Gasteiger partial charge < -0.3 is 4.90 Å². The second-order valence-corrected chi connectivity index (χ2v) is 7.31. The number of pyridine rings is 1. The fraction of sp³-hybridized carbons (Fsp3) is 0.143. The number of fused-ring (bicyclic) bond motifs is 1. The van der Waals surface area contributed by atoms with Gasteiger partial charge in [0, 0.05) is 35.6 Å². The van der Waals surface area contributed by atoms with Crippen molar-refractivity contribution < 1.29 is 0 Å². The van der Waals surface area contributed by atoms with Crippen LogP contribution in [0.5, 0.6) is 0 Å². The predicted octanol–water partition coefficient (Wildman–Crippen LogP) is 4.11. The molecule has 112 valence electrons. The number of aromatic nitrogens is 3. The van der Waals surface area contributed by atoms with Gasteiger partial charge >= 0.3 is 0 Å². The molecule has 0 saturated carbocycles. The molecule has 0 N–H and O–H groups in total. The van der Waals surface area contributed by atoms with Crippen LogP contribution in [-0.2, 0) is 0 Å². The van der Waals surface area contributed by atoms with Crippen molar-refractivity contribution in [1.82, 2.24) is 20.1 Å². The topological polar surface area (TPSA) is 54.3 Å². The third-order valence-corrected chi connectivity index (χ3v) is 4.85. The van der Waals surface area contributed by atoms with Gasteiger partial charge in [-0.05, 0) is 18.2 Å². The molecule has 22 heavy (non-hydrogen) atoms. The molecule has 2 heterocycles. The van der Waals surface area contributed by atoms with Crippen LogP contribution in [0.15, 0.2) is 44.7 Å². The van der Waals surface area contributed by atoms with Gasteiger partial charge in [0.25, 0.3) is 0 Å². The van der Waals surface area contributed by atoms with Crippen molar-refractivity contribution in [2.45, 2.75) is 9.24 Å². The quantitative estimate of drug-likeness (QED) is 0.524. The third-order valence-electron chi connectivity index (χ3n) is 2.66. The maximum atomic E-state index is 6.01. The number of hydrogen-bond acceptors (Lipinski definition) is 6. The Kier molecular flexibility index (Phi) is 4.56. The predicted molar refractivity (Wildman–Crippen MR) is 92.6 cm³/mol. The van der Waals surface area contributed by atoms with E-state index < -0.39 is 0 Å². The highest BCUT2D eigenvalue weighted by atomic mass is 35.5. The van der Waals surface area contributed by atoms with Gasteiger partial charge in [-0.1, -0.05) is 40.8 Å². The Morgan fingerprint density at radius 3 is 2.95 bits per heavy atom. The molecule has 0 saturated heterocycles. The molecule has 0 amide bonds. The molecule has 5 nitrogen and oxygen atoms in total. The van der Waals surface area contributed by atoms with Crippen molar-refractivity contribution in [3.05, 3.63) is 35.5 Å². The van der Waals surface area contributed by atoms with E-state index in [2.05, 4.69) is 20.2 Å². The van der Waals surface area contributed by atoms with Crippen molar-refractivity contribution in [2.24, 2.45) is 4.99 Å². The minimum absolute atomic E-state index is 0.637. The molecule has 0 unspecified atom stereocenters. The summed E-state index contributed by atoms with van der Waals surface area (Å²) in [6.07, 6.45) is 3.48. The molecule has 8 heteroatoms. The molecular weight excluding hydrogens is 338 g/mol. The van der Waals surface area contributed by atoms with Crippen molar-refractivity contribution in [3.63, 3.8) is 0 Å². The van der Waals surface area contributed by atoms with Crippen LogP contribution in [0.3, 0.4) is 0 Å². The monoisotopic (exact) mass is 349 g/mol. The minimum Gasteiger partial charge on any atom is -0.369 e. The van der Waals surface area contributed by atoms with Gasteiger partial charge in [0.15, 0.2) is 4.34 Å². The van der Waals surface area contributed by atoms with Crippen LogP contribution in [0.2, 0.25) is 5.02 Å². The van der Waals surface area contributed by atoms with Gasteiger partial charge in [0.2, 0.25) is 5.13 Å². The van der Waals surface area contributed by atoms with Crippen LogP contribution < -0.4 is 0 Å². The highest BCUT2D eigenvalue weighted by molar-refractivity contribution is 8.01. The molecular formula is C14H12ClN5S2. The van der Waals surface area contributed by atoms with E-state index in [-0.39, 0.29) is 0 Å². The van der Waals surface area contributed by atoms with E-state index in [1.165, 1.54) is 11.3 Å². The number of rotatable bonds is 4. The fourth-order valence-corrected chi connectivity index (χ4v) is 3.67. The first-order valence-corrected chi connectivity index (χ1v) is 8.39. The van der Waals surface area contributed by atoms with Gasteiger partial charge in [-0.2, -0.15) is 0 Å². The number of benzene rings is 1. The first-order valence-electron chi connectivity index (χ1n) is 6.38. The first kappa shape index (κ1) is 15.2. The zero-order valence-electron chi connectivity index (χ0n) is 11.9. The van der Waals surface area contributed by atoms with E-state index in [1.54, 1.807) is 24.3 Å². The first-order chi connectivity index (χ1) is 10.6. The number of nitrogens with zero attached hydrogens (tertiary/aromatic N) is 5. The number of aliphatic imine (C=N–C) groups is 1. The lowest BCUT2D eigenvalue weighted by atomic mass is 10.2. The second-order valence-electron chi connectivity index (χ2n) is 4.63. The summed E-state index contributed by atoms with van der Waals surface area (Å²) in [6, 6.07) is 7.65. The summed E-state index contributed by atoms with van der Waals surface area (Å²) in [6.45, 7) is 0. The van der Waals surface area contributed by atoms with Crippen LogP contribution in [0.1, 0.15) is 0 Å². The molecule has 0 radical (unpaired) electrons. The zero-order valence-corrected chi connectivity index (χ0v) is 14.3. The smallest absolute Gasteiger partial charge is 0.233 e. The molecule has 0 aliphatic heterocycles. The molecule has 2 aromatic heterocycles. The number of hydrogen-bond donors (Lipinski definition) is 0. The molecule has 0 bridgehead atoms. The Bertz CT molecular complexity index is 831. The Labute approximate surface area is 141 Å². The van der Waals surface area contributed by atoms with E-state index in [0.717, 1.165) is 20.1 Å². The molecule has 3 aromatic rings. The summed E-state index contributed by atoms with van der Waals surface area (Å²) in [5, 5.41) is 10.6. The van der Waals surface area contributed by atoms with Gasteiger partial charge in [0.05, 0.1) is 11.9 Å². The summed E-state index contributed by atoms with van der Waals surface area (Å²) in [7, 11) is 3.82. The maximum Gasteiger partial charge on any atom is 0.233 e. The van der Waals surface area contributed by atoms with Crippen LogP contribution in [0.4, 0.5) is 5.13 Å². The second kappa shape index (κ2) is 6.60. The van der Waals surface area contributed by atoms with Crippen LogP contribution in [0.25, 0.3) is 10.9 Å². The van der Waals surface area contributed by atoms with Crippen LogP contribution in [0, 0.1) is 0 Å². The Hall–Kier alpha value is -1.70. The normalized spacial score (nSPS) is 11.4. The number of halogens is 1. The minimum atomic E-state index is 0.637. The van der Waals surface area contributed by atoms with Crippen molar-refractivity contribution in [2.75, 3.05) is 14.1 Å². The molecule has 0 atom stereocenters. The fourth-order valence-electron chi connectivity index (χ4n) is 1.74. The molecule has 0 aliphatic carbocycles. The summed E-state index contributed by atoms with van der Waals surface area (Å²) in [5.74, 6) is 0. The van der Waals surface area contributed by atoms with E-state index in [9.17, 15) is 0 Å². The van der Waals surface area contributed by atoms with Crippen molar-refractivity contribution in [1.29, 1.82) is 0 Å². The van der Waals surface area contributed by atoms with Gasteiger partial charge in [0.1, 0.15) is 0 Å². The zero-order chi connectivity index (χ0) is 15.5. The molecule has 0 spiro atoms. The maximum absolute atomic E-state index is 6.01. The van der Waals surface area contributed by atoms with E-state index >= 15 is 0 Å². The Morgan fingerprint density at radius 1 is 1.27 bits per heavy atom. The Balaban J connectivity index is 1.87. The summed E-state index contributed by atoms with van der Waals surface area (Å²) in [4.78, 5) is 11.5. The van der Waals surface area contributed by atoms with Gasteiger partial charge in [-0.25, -0.2) is 4.99 Å². The molecule has 0 fully saturated rings. The highest BCUT2D eigenvalue weighted by Crippen LogP contribution is 2.36. The average Bonchev–Trinajstić information content (AvgIpc) is 2.92. The molecule has 1 aromatic carbocycles. The SMILES string of the molecule is CN(C)/C=N/c1nnc(Sc2ccnc3cc(Cl)ccc23)s1. The summed E-state index contributed by atoms with van der Waals surface area (Å²) in [5.41, 5.74) is 0.868. The van der Waals surface area contributed by atoms with Crippen LogP contribution in [-0.4, -0.2) is 40.5 Å². The molecule has 0 aliphatic rings.